The van der Waals surface area contributed by atoms with Gasteiger partial charge in [0.15, 0.2) is 0 Å². The van der Waals surface area contributed by atoms with Gasteiger partial charge in [0, 0.05) is 19.1 Å². The largest absolute Gasteiger partial charge is 0.374 e. The average molecular weight is 301 g/mol. The normalized spacial score (nSPS) is 22.9. The minimum absolute atomic E-state index is 0.189. The molecule has 2 unspecified atom stereocenters. The lowest BCUT2D eigenvalue weighted by Gasteiger charge is -2.33. The van der Waals surface area contributed by atoms with Gasteiger partial charge in [-0.3, -0.25) is 0 Å². The van der Waals surface area contributed by atoms with Gasteiger partial charge in [0.1, 0.15) is 15.2 Å². The van der Waals surface area contributed by atoms with E-state index in [0.29, 0.717) is 18.0 Å². The van der Waals surface area contributed by atoms with Gasteiger partial charge >= 0.3 is 0 Å². The molecule has 1 aliphatic heterocycles. The van der Waals surface area contributed by atoms with Crippen molar-refractivity contribution in [1.82, 2.24) is 4.31 Å². The van der Waals surface area contributed by atoms with Crippen LogP contribution in [0.4, 0.5) is 0 Å². The van der Waals surface area contributed by atoms with E-state index in [0.717, 1.165) is 11.3 Å². The topological polar surface area (TPSA) is 96.4 Å². The summed E-state index contributed by atoms with van der Waals surface area (Å²) in [7, 11) is -3.55. The molecule has 2 rings (SSSR count). The summed E-state index contributed by atoms with van der Waals surface area (Å²) in [6, 6.07) is 4.70. The van der Waals surface area contributed by atoms with E-state index in [2.05, 4.69) is 0 Å². The van der Waals surface area contributed by atoms with Crippen LogP contribution >= 0.6 is 11.3 Å². The fourth-order valence-corrected chi connectivity index (χ4v) is 4.53. The minimum Gasteiger partial charge on any atom is -0.374 e. The highest BCUT2D eigenvalue weighted by atomic mass is 32.2. The first kappa shape index (κ1) is 14.4. The van der Waals surface area contributed by atoms with Crippen LogP contribution in [0.3, 0.4) is 0 Å². The second-order valence-corrected chi connectivity index (χ2v) is 7.61. The highest BCUT2D eigenvalue weighted by Crippen LogP contribution is 2.26. The highest BCUT2D eigenvalue weighted by Gasteiger charge is 2.33. The van der Waals surface area contributed by atoms with E-state index in [1.54, 1.807) is 6.92 Å². The Hall–Kier alpha value is -0.980. The number of thiophene rings is 1. The second kappa shape index (κ2) is 5.56. The van der Waals surface area contributed by atoms with Gasteiger partial charge in [0.25, 0.3) is 10.0 Å². The van der Waals surface area contributed by atoms with Gasteiger partial charge < -0.3 is 10.5 Å². The summed E-state index contributed by atoms with van der Waals surface area (Å²) in [6.45, 7) is 2.69. The summed E-state index contributed by atoms with van der Waals surface area (Å²) in [4.78, 5) is 0.385. The molecule has 1 saturated heterocycles. The van der Waals surface area contributed by atoms with E-state index in [4.69, 9.17) is 15.7 Å². The summed E-state index contributed by atoms with van der Waals surface area (Å²) in [6.07, 6.45) is -0.293. The first-order chi connectivity index (χ1) is 8.95. The van der Waals surface area contributed by atoms with Crippen LogP contribution in [0, 0.1) is 11.3 Å². The Morgan fingerprint density at radius 3 is 2.95 bits per heavy atom. The Kier molecular flexibility index (Phi) is 4.23. The second-order valence-electron chi connectivity index (χ2n) is 4.36. The van der Waals surface area contributed by atoms with Gasteiger partial charge in [-0.2, -0.15) is 9.57 Å². The van der Waals surface area contributed by atoms with E-state index in [-0.39, 0.29) is 22.9 Å². The summed E-state index contributed by atoms with van der Waals surface area (Å²) in [5.74, 6) is 0. The van der Waals surface area contributed by atoms with Crippen LogP contribution in [-0.4, -0.2) is 44.6 Å². The van der Waals surface area contributed by atoms with Crippen molar-refractivity contribution in [2.45, 2.75) is 23.3 Å². The zero-order valence-corrected chi connectivity index (χ0v) is 12.1. The fourth-order valence-electron chi connectivity index (χ4n) is 1.83. The van der Waals surface area contributed by atoms with Gasteiger partial charge in [-0.25, -0.2) is 8.42 Å². The van der Waals surface area contributed by atoms with Crippen molar-refractivity contribution in [2.75, 3.05) is 19.7 Å². The highest BCUT2D eigenvalue weighted by molar-refractivity contribution is 7.91. The standard InChI is InChI=1S/C11H15N3O3S2/c1-8(13)10-7-14(4-5-17-10)19(15,16)11-3-2-9(6-12)18-11/h2-3,8,10H,4-5,7,13H2,1H3. The number of nitriles is 1. The molecular weight excluding hydrogens is 286 g/mol. The maximum Gasteiger partial charge on any atom is 0.252 e. The number of ether oxygens (including phenoxy) is 1. The third-order valence-electron chi connectivity index (χ3n) is 2.93. The summed E-state index contributed by atoms with van der Waals surface area (Å²) in [5.41, 5.74) is 5.75. The van der Waals surface area contributed by atoms with E-state index >= 15 is 0 Å². The number of hydrogen-bond donors (Lipinski definition) is 1. The number of hydrogen-bond acceptors (Lipinski definition) is 6. The molecule has 2 atom stereocenters. The molecule has 104 valence electrons. The molecule has 8 heteroatoms. The predicted molar refractivity (Wildman–Crippen MR) is 71.2 cm³/mol. The molecule has 19 heavy (non-hydrogen) atoms. The van der Waals surface area contributed by atoms with Crippen molar-refractivity contribution < 1.29 is 13.2 Å². The van der Waals surface area contributed by atoms with Crippen LogP contribution < -0.4 is 5.73 Å². The summed E-state index contributed by atoms with van der Waals surface area (Å²) in [5, 5.41) is 8.76. The molecule has 0 aliphatic carbocycles. The molecule has 1 aromatic heterocycles. The van der Waals surface area contributed by atoms with Gasteiger partial charge in [-0.05, 0) is 19.1 Å². The van der Waals surface area contributed by atoms with E-state index in [1.807, 2.05) is 6.07 Å². The maximum absolute atomic E-state index is 12.4. The number of rotatable bonds is 3. The summed E-state index contributed by atoms with van der Waals surface area (Å²) >= 11 is 0.980. The van der Waals surface area contributed by atoms with Crippen molar-refractivity contribution in [3.8, 4) is 6.07 Å². The zero-order chi connectivity index (χ0) is 14.0. The zero-order valence-electron chi connectivity index (χ0n) is 10.4. The smallest absolute Gasteiger partial charge is 0.252 e. The Balaban J connectivity index is 2.22. The fraction of sp³-hybridized carbons (Fsp3) is 0.545. The van der Waals surface area contributed by atoms with Crippen molar-refractivity contribution in [2.24, 2.45) is 5.73 Å². The Labute approximate surface area is 116 Å². The monoisotopic (exact) mass is 301 g/mol. The van der Waals surface area contributed by atoms with Crippen LogP contribution in [0.25, 0.3) is 0 Å². The third kappa shape index (κ3) is 2.96. The van der Waals surface area contributed by atoms with Gasteiger partial charge in [-0.1, -0.05) is 0 Å². The first-order valence-corrected chi connectivity index (χ1v) is 8.08. The molecule has 0 radical (unpaired) electrons. The Bertz CT molecular complexity index is 589. The third-order valence-corrected chi connectivity index (χ3v) is 6.25. The molecule has 1 fully saturated rings. The Morgan fingerprint density at radius 2 is 2.37 bits per heavy atom. The van der Waals surface area contributed by atoms with Gasteiger partial charge in [0.2, 0.25) is 0 Å². The molecule has 0 spiro atoms. The lowest BCUT2D eigenvalue weighted by atomic mass is 10.2. The Morgan fingerprint density at radius 1 is 1.63 bits per heavy atom. The van der Waals surface area contributed by atoms with E-state index < -0.39 is 10.0 Å². The summed E-state index contributed by atoms with van der Waals surface area (Å²) < 4.78 is 31.8. The molecule has 1 aromatic rings. The van der Waals surface area contributed by atoms with Crippen LogP contribution in [-0.2, 0) is 14.8 Å². The van der Waals surface area contributed by atoms with Crippen molar-refractivity contribution in [3.05, 3.63) is 17.0 Å². The van der Waals surface area contributed by atoms with Gasteiger partial charge in [-0.15, -0.1) is 11.3 Å². The molecule has 0 aromatic carbocycles. The molecule has 2 heterocycles. The quantitative estimate of drug-likeness (QED) is 0.869. The van der Waals surface area contributed by atoms with Gasteiger partial charge in [0.05, 0.1) is 12.7 Å². The van der Waals surface area contributed by atoms with Crippen LogP contribution in [0.15, 0.2) is 16.3 Å². The van der Waals surface area contributed by atoms with Crippen molar-refractivity contribution in [1.29, 1.82) is 5.26 Å². The molecule has 0 amide bonds. The molecule has 2 N–H and O–H groups in total. The molecular formula is C11H15N3O3S2. The molecule has 6 nitrogen and oxygen atoms in total. The van der Waals surface area contributed by atoms with E-state index in [9.17, 15) is 8.42 Å². The van der Waals surface area contributed by atoms with Crippen LogP contribution in [0.1, 0.15) is 11.8 Å². The van der Waals surface area contributed by atoms with Crippen molar-refractivity contribution >= 4 is 21.4 Å². The average Bonchev–Trinajstić information content (AvgIpc) is 2.88. The number of sulfonamides is 1. The lowest BCUT2D eigenvalue weighted by Crippen LogP contribution is -2.51. The number of nitrogens with zero attached hydrogens (tertiary/aromatic N) is 2. The molecule has 0 bridgehead atoms. The first-order valence-electron chi connectivity index (χ1n) is 5.82. The van der Waals surface area contributed by atoms with Crippen molar-refractivity contribution in [3.63, 3.8) is 0 Å². The lowest BCUT2D eigenvalue weighted by molar-refractivity contribution is -0.0119. The van der Waals surface area contributed by atoms with E-state index in [1.165, 1.54) is 16.4 Å². The maximum atomic E-state index is 12.4. The predicted octanol–water partition coefficient (Wildman–Crippen LogP) is 0.356. The van der Waals surface area contributed by atoms with Crippen LogP contribution in [0.2, 0.25) is 0 Å². The number of nitrogens with two attached hydrogens (primary N) is 1. The van der Waals surface area contributed by atoms with Crippen LogP contribution in [0.5, 0.6) is 0 Å². The molecule has 0 saturated carbocycles. The SMILES string of the molecule is CC(N)C1CN(S(=O)(=O)c2ccc(C#N)s2)CCO1. The number of morpholine rings is 1. The minimum atomic E-state index is -3.55. The molecule has 1 aliphatic rings.